The maximum absolute atomic E-state index is 15.6. The summed E-state index contributed by atoms with van der Waals surface area (Å²) in [6, 6.07) is 18.8. The highest BCUT2D eigenvalue weighted by Gasteiger charge is 2.16. The maximum Gasteiger partial charge on any atom is 0.248 e. The number of benzene rings is 3. The van der Waals surface area contributed by atoms with E-state index in [1.54, 1.807) is 30.5 Å². The first-order chi connectivity index (χ1) is 19.4. The van der Waals surface area contributed by atoms with E-state index in [2.05, 4.69) is 44.6 Å². The second kappa shape index (κ2) is 12.2. The number of fused-ring (bicyclic) bond motifs is 1. The lowest BCUT2D eigenvalue weighted by Crippen LogP contribution is -2.44. The zero-order valence-electron chi connectivity index (χ0n) is 23.1. The first kappa shape index (κ1) is 27.2. The molecule has 0 atom stereocenters. The highest BCUT2D eigenvalue weighted by molar-refractivity contribution is 6.00. The van der Waals surface area contributed by atoms with E-state index in [4.69, 9.17) is 4.98 Å². The third-order valence-electron chi connectivity index (χ3n) is 6.89. The van der Waals surface area contributed by atoms with Crippen LogP contribution >= 0.6 is 0 Å². The van der Waals surface area contributed by atoms with Gasteiger partial charge in [0.25, 0.3) is 0 Å². The van der Waals surface area contributed by atoms with E-state index in [-0.39, 0.29) is 11.6 Å². The molecule has 0 unspecified atom stereocenters. The molecule has 0 bridgehead atoms. The molecule has 1 fully saturated rings. The summed E-state index contributed by atoms with van der Waals surface area (Å²) in [6.45, 7) is 4.74. The normalized spacial score (nSPS) is 14.3. The van der Waals surface area contributed by atoms with Crippen molar-refractivity contribution in [1.29, 1.82) is 0 Å². The molecule has 5 rings (SSSR count). The Morgan fingerprint density at radius 3 is 2.48 bits per heavy atom. The van der Waals surface area contributed by atoms with Crippen molar-refractivity contribution in [3.8, 4) is 11.1 Å². The van der Waals surface area contributed by atoms with Gasteiger partial charge in [-0.1, -0.05) is 36.4 Å². The molecule has 8 nitrogen and oxygen atoms in total. The summed E-state index contributed by atoms with van der Waals surface area (Å²) in [7, 11) is 5.96. The van der Waals surface area contributed by atoms with Gasteiger partial charge >= 0.3 is 0 Å². The van der Waals surface area contributed by atoms with Crippen molar-refractivity contribution < 1.29 is 9.18 Å². The van der Waals surface area contributed by atoms with Crippen molar-refractivity contribution in [3.63, 3.8) is 0 Å². The molecule has 1 aromatic heterocycles. The number of rotatable bonds is 8. The maximum atomic E-state index is 15.6. The molecule has 2 heterocycles. The monoisotopic (exact) mass is 539 g/mol. The minimum Gasteiger partial charge on any atom is -0.369 e. The molecule has 4 aromatic rings. The summed E-state index contributed by atoms with van der Waals surface area (Å²) in [4.78, 5) is 28.2. The molecule has 40 heavy (non-hydrogen) atoms. The fourth-order valence-electron chi connectivity index (χ4n) is 4.66. The third-order valence-corrected chi connectivity index (χ3v) is 6.89. The highest BCUT2D eigenvalue weighted by Crippen LogP contribution is 2.33. The number of nitrogens with one attached hydrogen (secondary N) is 2. The molecule has 0 spiro atoms. The second-order valence-electron chi connectivity index (χ2n) is 10.2. The molecule has 1 saturated heterocycles. The Hall–Kier alpha value is -4.34. The molecule has 3 aromatic carbocycles. The van der Waals surface area contributed by atoms with Gasteiger partial charge in [-0.15, -0.1) is 0 Å². The van der Waals surface area contributed by atoms with Crippen LogP contribution in [-0.2, 0) is 4.79 Å². The number of anilines is 4. The van der Waals surface area contributed by atoms with Crippen LogP contribution in [0.1, 0.15) is 0 Å². The Morgan fingerprint density at radius 2 is 1.73 bits per heavy atom. The van der Waals surface area contributed by atoms with Gasteiger partial charge in [0.05, 0.1) is 11.2 Å². The van der Waals surface area contributed by atoms with E-state index >= 15 is 4.39 Å². The van der Waals surface area contributed by atoms with Gasteiger partial charge < -0.3 is 25.3 Å². The topological polar surface area (TPSA) is 76.6 Å². The van der Waals surface area contributed by atoms with Crippen LogP contribution in [0.25, 0.3) is 22.0 Å². The summed E-state index contributed by atoms with van der Waals surface area (Å²) < 4.78 is 15.6. The minimum atomic E-state index is -0.517. The summed E-state index contributed by atoms with van der Waals surface area (Å²) >= 11 is 0. The standard InChI is InChI=1S/C31H34FN7O/c1-37(2)16-6-11-28(40)35-27-10-5-8-25(29(27)32)26-9-4-7-22-21-33-31(36-30(22)26)34-23-12-14-24(15-13-23)39-19-17-38(3)18-20-39/h4-15,21H,16-20H2,1-3H3,(H,35,40)(H,33,34,36). The average molecular weight is 540 g/mol. The number of para-hydroxylation sites is 1. The molecule has 1 amide bonds. The van der Waals surface area contributed by atoms with Gasteiger partial charge in [0, 0.05) is 72.9 Å². The van der Waals surface area contributed by atoms with Gasteiger partial charge in [-0.2, -0.15) is 0 Å². The zero-order chi connectivity index (χ0) is 28.1. The molecule has 206 valence electrons. The molecule has 2 N–H and O–H groups in total. The van der Waals surface area contributed by atoms with Gasteiger partial charge in [0.15, 0.2) is 5.82 Å². The van der Waals surface area contributed by atoms with Crippen LogP contribution in [0.4, 0.5) is 27.4 Å². The number of carbonyl (C=O) groups excluding carboxylic acids is 1. The molecular weight excluding hydrogens is 505 g/mol. The van der Waals surface area contributed by atoms with Crippen molar-refractivity contribution in [3.05, 3.63) is 84.8 Å². The van der Waals surface area contributed by atoms with Crippen molar-refractivity contribution in [1.82, 2.24) is 19.8 Å². The van der Waals surface area contributed by atoms with Gasteiger partial charge in [0.2, 0.25) is 11.9 Å². The van der Waals surface area contributed by atoms with E-state index in [0.29, 0.717) is 29.1 Å². The second-order valence-corrected chi connectivity index (χ2v) is 10.2. The molecule has 0 saturated carbocycles. The Bertz CT molecular complexity index is 1510. The smallest absolute Gasteiger partial charge is 0.248 e. The predicted molar refractivity (Wildman–Crippen MR) is 161 cm³/mol. The van der Waals surface area contributed by atoms with Crippen molar-refractivity contribution in [2.24, 2.45) is 0 Å². The first-order valence-electron chi connectivity index (χ1n) is 13.3. The number of halogens is 1. The van der Waals surface area contributed by atoms with E-state index in [1.807, 2.05) is 49.3 Å². The first-order valence-corrected chi connectivity index (χ1v) is 13.3. The molecule has 0 radical (unpaired) electrons. The molecule has 0 aliphatic carbocycles. The number of carbonyl (C=O) groups is 1. The number of amides is 1. The predicted octanol–water partition coefficient (Wildman–Crippen LogP) is 4.99. The number of aromatic nitrogens is 2. The molecule has 1 aliphatic heterocycles. The van der Waals surface area contributed by atoms with Crippen LogP contribution in [0.5, 0.6) is 0 Å². The van der Waals surface area contributed by atoms with Crippen LogP contribution in [0, 0.1) is 5.82 Å². The van der Waals surface area contributed by atoms with Crippen LogP contribution in [0.15, 0.2) is 79.0 Å². The summed E-state index contributed by atoms with van der Waals surface area (Å²) in [5.41, 5.74) is 3.75. The molecule has 9 heteroatoms. The minimum absolute atomic E-state index is 0.113. The fourth-order valence-corrected chi connectivity index (χ4v) is 4.66. The summed E-state index contributed by atoms with van der Waals surface area (Å²) in [5, 5.41) is 6.71. The van der Waals surface area contributed by atoms with E-state index in [1.165, 1.54) is 11.8 Å². The van der Waals surface area contributed by atoms with Crippen molar-refractivity contribution >= 4 is 39.8 Å². The van der Waals surface area contributed by atoms with Crippen molar-refractivity contribution in [2.45, 2.75) is 0 Å². The summed E-state index contributed by atoms with van der Waals surface area (Å²) in [6.07, 6.45) is 4.87. The third kappa shape index (κ3) is 6.44. The quantitative estimate of drug-likeness (QED) is 0.306. The van der Waals surface area contributed by atoms with E-state index in [0.717, 1.165) is 37.3 Å². The van der Waals surface area contributed by atoms with Crippen LogP contribution < -0.4 is 15.5 Å². The Labute approximate surface area is 234 Å². The SMILES string of the molecule is CN(C)CC=CC(=O)Nc1cccc(-c2cccc3cnc(Nc4ccc(N5CCN(C)CC5)cc4)nc23)c1F. The van der Waals surface area contributed by atoms with Crippen LogP contribution in [0.2, 0.25) is 0 Å². The van der Waals surface area contributed by atoms with Gasteiger partial charge in [-0.05, 0) is 51.5 Å². The molecule has 1 aliphatic rings. The Balaban J connectivity index is 1.37. The zero-order valence-corrected chi connectivity index (χ0v) is 23.1. The number of likely N-dealkylation sites (N-methyl/N-ethyl adjacent to an activating group) is 2. The molecular formula is C31H34FN7O. The largest absolute Gasteiger partial charge is 0.369 e. The lowest BCUT2D eigenvalue weighted by Gasteiger charge is -2.34. The van der Waals surface area contributed by atoms with Crippen LogP contribution in [0.3, 0.4) is 0 Å². The summed E-state index contributed by atoms with van der Waals surface area (Å²) in [5.74, 6) is -0.483. The lowest BCUT2D eigenvalue weighted by molar-refractivity contribution is -0.111. The Kier molecular flexibility index (Phi) is 8.33. The highest BCUT2D eigenvalue weighted by atomic mass is 19.1. The number of nitrogens with zero attached hydrogens (tertiary/aromatic N) is 5. The van der Waals surface area contributed by atoms with Gasteiger partial charge in [-0.3, -0.25) is 4.79 Å². The van der Waals surface area contributed by atoms with E-state index < -0.39 is 5.82 Å². The van der Waals surface area contributed by atoms with Gasteiger partial charge in [0.1, 0.15) is 0 Å². The lowest BCUT2D eigenvalue weighted by atomic mass is 10.0. The van der Waals surface area contributed by atoms with Gasteiger partial charge in [-0.25, -0.2) is 14.4 Å². The van der Waals surface area contributed by atoms with Crippen LogP contribution in [-0.4, -0.2) is 79.5 Å². The van der Waals surface area contributed by atoms with Crippen molar-refractivity contribution in [2.75, 3.05) is 69.4 Å². The number of piperazine rings is 1. The van der Waals surface area contributed by atoms with E-state index in [9.17, 15) is 4.79 Å². The Morgan fingerprint density at radius 1 is 1.00 bits per heavy atom. The number of hydrogen-bond acceptors (Lipinski definition) is 7. The fraction of sp³-hybridized carbons (Fsp3) is 0.258. The number of hydrogen-bond donors (Lipinski definition) is 2. The average Bonchev–Trinajstić information content (AvgIpc) is 2.95.